The van der Waals surface area contributed by atoms with Crippen molar-refractivity contribution >= 4 is 11.3 Å². The number of benzene rings is 1. The molecule has 2 rings (SSSR count). The average Bonchev–Trinajstić information content (AvgIpc) is 2.78. The van der Waals surface area contributed by atoms with Crippen LogP contribution < -0.4 is 5.73 Å². The third-order valence-corrected chi connectivity index (χ3v) is 3.28. The second-order valence-electron chi connectivity index (χ2n) is 3.62. The zero-order valence-electron chi connectivity index (χ0n) is 9.12. The van der Waals surface area contributed by atoms with Gasteiger partial charge in [-0.15, -0.1) is 11.3 Å². The van der Waals surface area contributed by atoms with Crippen molar-refractivity contribution in [1.29, 1.82) is 0 Å². The number of rotatable bonds is 4. The monoisotopic (exact) mass is 254 g/mol. The highest BCUT2D eigenvalue weighted by atomic mass is 32.1. The zero-order chi connectivity index (χ0) is 12.3. The van der Waals surface area contributed by atoms with Crippen molar-refractivity contribution in [3.63, 3.8) is 0 Å². The molecule has 90 valence electrons. The van der Waals surface area contributed by atoms with Crippen molar-refractivity contribution in [2.24, 2.45) is 5.73 Å². The van der Waals surface area contributed by atoms with Crippen LogP contribution in [0.5, 0.6) is 0 Å². The number of nitrogens with zero attached hydrogens (tertiary/aromatic N) is 1. The van der Waals surface area contributed by atoms with E-state index in [0.717, 1.165) is 23.9 Å². The van der Waals surface area contributed by atoms with Crippen LogP contribution in [0.1, 0.15) is 11.4 Å². The van der Waals surface area contributed by atoms with E-state index in [2.05, 4.69) is 4.98 Å². The highest BCUT2D eigenvalue weighted by Gasteiger charge is 2.12. The summed E-state index contributed by atoms with van der Waals surface area (Å²) in [5, 5.41) is 2.64. The summed E-state index contributed by atoms with van der Waals surface area (Å²) in [4.78, 5) is 4.28. The molecule has 0 saturated carbocycles. The molecule has 0 aliphatic rings. The fourth-order valence-corrected chi connectivity index (χ4v) is 2.34. The number of nitrogens with two attached hydrogens (primary N) is 1. The Morgan fingerprint density at radius 1 is 1.29 bits per heavy atom. The Kier molecular flexibility index (Phi) is 3.81. The molecule has 0 saturated heterocycles. The van der Waals surface area contributed by atoms with Crippen LogP contribution in [0.3, 0.4) is 0 Å². The van der Waals surface area contributed by atoms with E-state index in [-0.39, 0.29) is 5.56 Å². The minimum Gasteiger partial charge on any atom is -0.330 e. The molecule has 5 heteroatoms. The number of aryl methyl sites for hydroxylation is 1. The highest BCUT2D eigenvalue weighted by molar-refractivity contribution is 7.09. The fraction of sp³-hybridized carbons (Fsp3) is 0.250. The van der Waals surface area contributed by atoms with E-state index >= 15 is 0 Å². The zero-order valence-corrected chi connectivity index (χ0v) is 9.94. The molecule has 17 heavy (non-hydrogen) atoms. The lowest BCUT2D eigenvalue weighted by atomic mass is 10.1. The van der Waals surface area contributed by atoms with E-state index in [1.807, 2.05) is 0 Å². The van der Waals surface area contributed by atoms with Crippen LogP contribution >= 0.6 is 11.3 Å². The van der Waals surface area contributed by atoms with Gasteiger partial charge < -0.3 is 5.73 Å². The van der Waals surface area contributed by atoms with E-state index in [1.54, 1.807) is 5.38 Å². The number of aromatic nitrogens is 1. The van der Waals surface area contributed by atoms with E-state index < -0.39 is 11.6 Å². The predicted octanol–water partition coefficient (Wildman–Crippen LogP) is 2.98. The summed E-state index contributed by atoms with van der Waals surface area (Å²) in [5.41, 5.74) is 6.10. The Morgan fingerprint density at radius 3 is 2.88 bits per heavy atom. The first-order valence-corrected chi connectivity index (χ1v) is 6.19. The molecule has 1 aromatic heterocycles. The number of thiazole rings is 1. The first-order chi connectivity index (χ1) is 8.22. The molecular weight excluding hydrogens is 242 g/mol. The summed E-state index contributed by atoms with van der Waals surface area (Å²) in [6.07, 6.45) is 1.62. The Balaban J connectivity index is 2.27. The van der Waals surface area contributed by atoms with Crippen LogP contribution in [0.2, 0.25) is 0 Å². The normalized spacial score (nSPS) is 10.8. The van der Waals surface area contributed by atoms with Gasteiger partial charge in [0, 0.05) is 17.4 Å². The molecule has 2 nitrogen and oxygen atoms in total. The third kappa shape index (κ3) is 2.68. The maximum Gasteiger partial charge on any atom is 0.168 e. The SMILES string of the molecule is NCCCc1nc(-c2cccc(F)c2F)cs1. The molecular formula is C12H12F2N2S. The molecule has 0 fully saturated rings. The van der Waals surface area contributed by atoms with Gasteiger partial charge >= 0.3 is 0 Å². The Morgan fingerprint density at radius 2 is 2.12 bits per heavy atom. The van der Waals surface area contributed by atoms with Crippen LogP contribution in [-0.4, -0.2) is 11.5 Å². The third-order valence-electron chi connectivity index (χ3n) is 2.37. The van der Waals surface area contributed by atoms with Crippen molar-refractivity contribution < 1.29 is 8.78 Å². The van der Waals surface area contributed by atoms with Gasteiger partial charge in [0.2, 0.25) is 0 Å². The number of hydrogen-bond acceptors (Lipinski definition) is 3. The summed E-state index contributed by atoms with van der Waals surface area (Å²) >= 11 is 1.44. The lowest BCUT2D eigenvalue weighted by Gasteiger charge is -1.99. The topological polar surface area (TPSA) is 38.9 Å². The van der Waals surface area contributed by atoms with E-state index in [4.69, 9.17) is 5.73 Å². The molecule has 1 aromatic carbocycles. The first kappa shape index (κ1) is 12.1. The molecule has 1 heterocycles. The predicted molar refractivity (Wildman–Crippen MR) is 64.8 cm³/mol. The molecule has 0 aliphatic heterocycles. The summed E-state index contributed by atoms with van der Waals surface area (Å²) in [7, 11) is 0. The van der Waals surface area contributed by atoms with Crippen LogP contribution in [0.15, 0.2) is 23.6 Å². The summed E-state index contributed by atoms with van der Waals surface area (Å²) in [5.74, 6) is -1.69. The average molecular weight is 254 g/mol. The second kappa shape index (κ2) is 5.33. The van der Waals surface area contributed by atoms with Crippen molar-refractivity contribution in [2.45, 2.75) is 12.8 Å². The summed E-state index contributed by atoms with van der Waals surface area (Å²) in [6, 6.07) is 4.10. The summed E-state index contributed by atoms with van der Waals surface area (Å²) in [6.45, 7) is 0.600. The van der Waals surface area contributed by atoms with Crippen LogP contribution in [0.4, 0.5) is 8.78 Å². The maximum absolute atomic E-state index is 13.5. The van der Waals surface area contributed by atoms with Gasteiger partial charge in [0.15, 0.2) is 11.6 Å². The molecule has 2 N–H and O–H groups in total. The van der Waals surface area contributed by atoms with Crippen molar-refractivity contribution in [3.05, 3.63) is 40.2 Å². The van der Waals surface area contributed by atoms with E-state index in [9.17, 15) is 8.78 Å². The van der Waals surface area contributed by atoms with E-state index in [0.29, 0.717) is 12.2 Å². The number of hydrogen-bond donors (Lipinski definition) is 1. The summed E-state index contributed by atoms with van der Waals surface area (Å²) < 4.78 is 26.6. The molecule has 0 aliphatic carbocycles. The molecule has 0 radical (unpaired) electrons. The fourth-order valence-electron chi connectivity index (χ4n) is 1.50. The van der Waals surface area contributed by atoms with Gasteiger partial charge in [0.05, 0.1) is 10.7 Å². The quantitative estimate of drug-likeness (QED) is 0.911. The lowest BCUT2D eigenvalue weighted by molar-refractivity contribution is 0.511. The van der Waals surface area contributed by atoms with Gasteiger partial charge in [-0.05, 0) is 25.1 Å². The molecule has 2 aromatic rings. The molecule has 0 amide bonds. The largest absolute Gasteiger partial charge is 0.330 e. The highest BCUT2D eigenvalue weighted by Crippen LogP contribution is 2.26. The molecule has 0 unspecified atom stereocenters. The molecule has 0 spiro atoms. The second-order valence-corrected chi connectivity index (χ2v) is 4.56. The standard InChI is InChI=1S/C12H12F2N2S/c13-9-4-1-3-8(12(9)14)10-7-17-11(16-10)5-2-6-15/h1,3-4,7H,2,5-6,15H2. The Bertz CT molecular complexity index is 511. The van der Waals surface area contributed by atoms with Gasteiger partial charge in [-0.2, -0.15) is 0 Å². The van der Waals surface area contributed by atoms with Crippen LogP contribution in [0.25, 0.3) is 11.3 Å². The van der Waals surface area contributed by atoms with Crippen molar-refractivity contribution in [1.82, 2.24) is 4.98 Å². The molecule has 0 bridgehead atoms. The lowest BCUT2D eigenvalue weighted by Crippen LogP contribution is -2.00. The minimum atomic E-state index is -0.848. The van der Waals surface area contributed by atoms with Crippen LogP contribution in [-0.2, 0) is 6.42 Å². The van der Waals surface area contributed by atoms with Gasteiger partial charge in [0.1, 0.15) is 0 Å². The van der Waals surface area contributed by atoms with Crippen molar-refractivity contribution in [2.75, 3.05) is 6.54 Å². The van der Waals surface area contributed by atoms with Gasteiger partial charge in [0.25, 0.3) is 0 Å². The smallest absolute Gasteiger partial charge is 0.168 e. The van der Waals surface area contributed by atoms with E-state index in [1.165, 1.54) is 23.5 Å². The Hall–Kier alpha value is -1.33. The first-order valence-electron chi connectivity index (χ1n) is 5.31. The van der Waals surface area contributed by atoms with Gasteiger partial charge in [-0.1, -0.05) is 6.07 Å². The number of halogens is 2. The van der Waals surface area contributed by atoms with Gasteiger partial charge in [-0.3, -0.25) is 0 Å². The molecule has 0 atom stereocenters. The van der Waals surface area contributed by atoms with Crippen molar-refractivity contribution in [3.8, 4) is 11.3 Å². The maximum atomic E-state index is 13.5. The minimum absolute atomic E-state index is 0.209. The Labute approximate surface area is 102 Å². The van der Waals surface area contributed by atoms with Crippen LogP contribution in [0, 0.1) is 11.6 Å². The van der Waals surface area contributed by atoms with Gasteiger partial charge in [-0.25, -0.2) is 13.8 Å².